The van der Waals surface area contributed by atoms with E-state index < -0.39 is 0 Å². The minimum absolute atomic E-state index is 0.293. The van der Waals surface area contributed by atoms with E-state index in [0.29, 0.717) is 12.6 Å². The Morgan fingerprint density at radius 1 is 1.39 bits per heavy atom. The molecule has 1 aromatic carbocycles. The Labute approximate surface area is 108 Å². The molecule has 0 aliphatic carbocycles. The van der Waals surface area contributed by atoms with Crippen LogP contribution >= 0.6 is 0 Å². The summed E-state index contributed by atoms with van der Waals surface area (Å²) >= 11 is 0. The topological polar surface area (TPSA) is 56.8 Å². The van der Waals surface area contributed by atoms with Gasteiger partial charge >= 0.3 is 0 Å². The van der Waals surface area contributed by atoms with Crippen molar-refractivity contribution in [1.82, 2.24) is 0 Å². The van der Waals surface area contributed by atoms with E-state index >= 15 is 0 Å². The minimum Gasteiger partial charge on any atom is -0.497 e. The van der Waals surface area contributed by atoms with E-state index in [4.69, 9.17) is 15.2 Å². The number of benzene rings is 1. The van der Waals surface area contributed by atoms with Gasteiger partial charge in [-0.3, -0.25) is 0 Å². The summed E-state index contributed by atoms with van der Waals surface area (Å²) < 4.78 is 10.7. The van der Waals surface area contributed by atoms with Gasteiger partial charge in [-0.1, -0.05) is 12.1 Å². The molecule has 98 valence electrons. The first-order chi connectivity index (χ1) is 8.81. The molecule has 0 fully saturated rings. The van der Waals surface area contributed by atoms with E-state index in [1.165, 1.54) is 5.56 Å². The summed E-state index contributed by atoms with van der Waals surface area (Å²) in [5, 5.41) is 0. The van der Waals surface area contributed by atoms with Gasteiger partial charge in [0.05, 0.1) is 13.2 Å². The molecule has 1 atom stereocenters. The van der Waals surface area contributed by atoms with Crippen molar-refractivity contribution in [2.24, 2.45) is 10.7 Å². The summed E-state index contributed by atoms with van der Waals surface area (Å²) in [6, 6.07) is 8.28. The van der Waals surface area contributed by atoms with E-state index in [9.17, 15) is 0 Å². The highest BCUT2D eigenvalue weighted by molar-refractivity contribution is 5.80. The van der Waals surface area contributed by atoms with Crippen molar-refractivity contribution in [3.05, 3.63) is 29.8 Å². The molecule has 1 aliphatic rings. The van der Waals surface area contributed by atoms with Crippen LogP contribution in [0.2, 0.25) is 0 Å². The van der Waals surface area contributed by atoms with E-state index in [2.05, 4.69) is 4.99 Å². The fourth-order valence-corrected chi connectivity index (χ4v) is 1.99. The fourth-order valence-electron chi connectivity index (χ4n) is 1.99. The van der Waals surface area contributed by atoms with E-state index in [1.807, 2.05) is 24.3 Å². The van der Waals surface area contributed by atoms with Crippen LogP contribution in [0.5, 0.6) is 5.75 Å². The molecule has 2 rings (SSSR count). The molecule has 1 heterocycles. The number of methoxy groups -OCH3 is 1. The summed E-state index contributed by atoms with van der Waals surface area (Å²) in [5.74, 6) is 1.70. The zero-order chi connectivity index (χ0) is 12.8. The molecule has 4 heteroatoms. The Bertz CT molecular complexity index is 401. The monoisotopic (exact) mass is 248 g/mol. The van der Waals surface area contributed by atoms with Crippen molar-refractivity contribution in [3.8, 4) is 5.75 Å². The van der Waals surface area contributed by atoms with E-state index in [-0.39, 0.29) is 0 Å². The Kier molecular flexibility index (Phi) is 4.59. The molecule has 0 radical (unpaired) electrons. The van der Waals surface area contributed by atoms with Gasteiger partial charge in [0.25, 0.3) is 0 Å². The normalized spacial score (nSPS) is 18.3. The predicted octanol–water partition coefficient (Wildman–Crippen LogP) is 1.77. The smallest absolute Gasteiger partial charge is 0.188 e. The Hall–Kier alpha value is -1.55. The van der Waals surface area contributed by atoms with Gasteiger partial charge in [0.2, 0.25) is 0 Å². The zero-order valence-corrected chi connectivity index (χ0v) is 10.8. The second kappa shape index (κ2) is 6.40. The number of rotatable bonds is 6. The average molecular weight is 248 g/mol. The number of hydrogen-bond acceptors (Lipinski definition) is 4. The molecule has 1 unspecified atom stereocenters. The van der Waals surface area contributed by atoms with Crippen LogP contribution in [-0.4, -0.2) is 32.2 Å². The highest BCUT2D eigenvalue weighted by atomic mass is 16.5. The van der Waals surface area contributed by atoms with E-state index in [0.717, 1.165) is 37.5 Å². The van der Waals surface area contributed by atoms with Gasteiger partial charge in [-0.25, -0.2) is 4.99 Å². The summed E-state index contributed by atoms with van der Waals surface area (Å²) in [4.78, 5) is 4.57. The molecular weight excluding hydrogens is 228 g/mol. The lowest BCUT2D eigenvalue weighted by atomic mass is 10.1. The lowest BCUT2D eigenvalue weighted by Crippen LogP contribution is -2.09. The van der Waals surface area contributed by atoms with Crippen LogP contribution in [0.3, 0.4) is 0 Å². The molecule has 1 aliphatic heterocycles. The summed E-state index contributed by atoms with van der Waals surface area (Å²) in [5.41, 5.74) is 6.68. The second-order valence-electron chi connectivity index (χ2n) is 4.44. The van der Waals surface area contributed by atoms with Crippen molar-refractivity contribution in [2.75, 3.05) is 20.3 Å². The molecule has 0 amide bonds. The van der Waals surface area contributed by atoms with Crippen molar-refractivity contribution in [3.63, 3.8) is 0 Å². The van der Waals surface area contributed by atoms with Crippen molar-refractivity contribution in [2.45, 2.75) is 25.3 Å². The van der Waals surface area contributed by atoms with Gasteiger partial charge in [0.1, 0.15) is 12.4 Å². The summed E-state index contributed by atoms with van der Waals surface area (Å²) in [7, 11) is 1.67. The van der Waals surface area contributed by atoms with Crippen molar-refractivity contribution in [1.29, 1.82) is 0 Å². The maximum atomic E-state index is 5.60. The van der Waals surface area contributed by atoms with Crippen LogP contribution in [0.1, 0.15) is 18.4 Å². The highest BCUT2D eigenvalue weighted by Gasteiger charge is 2.18. The molecule has 0 spiro atoms. The van der Waals surface area contributed by atoms with Crippen LogP contribution < -0.4 is 10.5 Å². The predicted molar refractivity (Wildman–Crippen MR) is 72.2 cm³/mol. The second-order valence-corrected chi connectivity index (χ2v) is 4.44. The van der Waals surface area contributed by atoms with Crippen LogP contribution in [0.15, 0.2) is 29.3 Å². The third-order valence-electron chi connectivity index (χ3n) is 3.02. The van der Waals surface area contributed by atoms with Crippen LogP contribution in [0, 0.1) is 0 Å². The van der Waals surface area contributed by atoms with Gasteiger partial charge in [0, 0.05) is 6.42 Å². The Balaban J connectivity index is 1.89. The molecule has 0 saturated carbocycles. The first-order valence-corrected chi connectivity index (χ1v) is 6.34. The first-order valence-electron chi connectivity index (χ1n) is 6.34. The molecular formula is C14H20N2O2. The third kappa shape index (κ3) is 3.47. The van der Waals surface area contributed by atoms with Crippen LogP contribution in [0.25, 0.3) is 0 Å². The maximum Gasteiger partial charge on any atom is 0.188 e. The fraction of sp³-hybridized carbons (Fsp3) is 0.500. The molecule has 0 bridgehead atoms. The molecule has 4 nitrogen and oxygen atoms in total. The van der Waals surface area contributed by atoms with E-state index in [1.54, 1.807) is 7.11 Å². The van der Waals surface area contributed by atoms with Crippen molar-refractivity contribution >= 4 is 5.90 Å². The van der Waals surface area contributed by atoms with Crippen LogP contribution in [-0.2, 0) is 11.2 Å². The van der Waals surface area contributed by atoms with Gasteiger partial charge < -0.3 is 15.2 Å². The number of ether oxygens (including phenoxy) is 2. The SMILES string of the molecule is COc1ccc(CC2=NC(CCCN)CO2)cc1. The first kappa shape index (κ1) is 12.9. The summed E-state index contributed by atoms with van der Waals surface area (Å²) in [6.45, 7) is 1.42. The number of nitrogens with two attached hydrogens (primary N) is 1. The number of aliphatic imine (C=N–C) groups is 1. The average Bonchev–Trinajstić information content (AvgIpc) is 2.85. The Morgan fingerprint density at radius 3 is 2.83 bits per heavy atom. The summed E-state index contributed by atoms with van der Waals surface area (Å²) in [6.07, 6.45) is 2.78. The molecule has 1 aromatic rings. The molecule has 0 saturated heterocycles. The van der Waals surface area contributed by atoms with Crippen LogP contribution in [0.4, 0.5) is 0 Å². The minimum atomic E-state index is 0.293. The molecule has 2 N–H and O–H groups in total. The largest absolute Gasteiger partial charge is 0.497 e. The molecule has 18 heavy (non-hydrogen) atoms. The standard InChI is InChI=1S/C14H20N2O2/c1-17-13-6-4-11(5-7-13)9-14-16-12(10-18-14)3-2-8-15/h4-7,12H,2-3,8-10,15H2,1H3. The van der Waals surface area contributed by atoms with Gasteiger partial charge in [-0.05, 0) is 37.1 Å². The van der Waals surface area contributed by atoms with Gasteiger partial charge in [-0.15, -0.1) is 0 Å². The number of hydrogen-bond donors (Lipinski definition) is 1. The highest BCUT2D eigenvalue weighted by Crippen LogP contribution is 2.16. The van der Waals surface area contributed by atoms with Gasteiger partial charge in [0.15, 0.2) is 5.90 Å². The quantitative estimate of drug-likeness (QED) is 0.834. The van der Waals surface area contributed by atoms with Crippen molar-refractivity contribution < 1.29 is 9.47 Å². The lowest BCUT2D eigenvalue weighted by Gasteiger charge is -2.03. The Morgan fingerprint density at radius 2 is 2.17 bits per heavy atom. The number of nitrogens with zero attached hydrogens (tertiary/aromatic N) is 1. The third-order valence-corrected chi connectivity index (χ3v) is 3.02. The van der Waals surface area contributed by atoms with Gasteiger partial charge in [-0.2, -0.15) is 0 Å². The lowest BCUT2D eigenvalue weighted by molar-refractivity contribution is 0.305. The maximum absolute atomic E-state index is 5.60. The zero-order valence-electron chi connectivity index (χ0n) is 10.8. The molecule has 0 aromatic heterocycles.